The summed E-state index contributed by atoms with van der Waals surface area (Å²) < 4.78 is 27.1. The topological polar surface area (TPSA) is 82.2 Å². The smallest absolute Gasteiger partial charge is 0.261 e. The number of rotatable bonds is 4. The molecule has 23 heavy (non-hydrogen) atoms. The van der Waals surface area contributed by atoms with Crippen LogP contribution in [0, 0.1) is 25.5 Å². The summed E-state index contributed by atoms with van der Waals surface area (Å²) in [5.74, 6) is -2.54. The van der Waals surface area contributed by atoms with Gasteiger partial charge >= 0.3 is 0 Å². The Morgan fingerprint density at radius 1 is 1.30 bits per heavy atom. The molecule has 0 aliphatic heterocycles. The summed E-state index contributed by atoms with van der Waals surface area (Å²) in [4.78, 5) is 26.4. The lowest BCUT2D eigenvalue weighted by molar-refractivity contribution is 0.0909. The van der Waals surface area contributed by atoms with E-state index in [9.17, 15) is 23.5 Å². The van der Waals surface area contributed by atoms with E-state index in [2.05, 4.69) is 10.3 Å². The zero-order valence-corrected chi connectivity index (χ0v) is 12.6. The van der Waals surface area contributed by atoms with Crippen molar-refractivity contribution in [3.05, 3.63) is 68.6 Å². The number of benzene rings is 1. The minimum absolute atomic E-state index is 0.100. The Labute approximate surface area is 131 Å². The predicted octanol–water partition coefficient (Wildman–Crippen LogP) is 1.73. The molecule has 1 heterocycles. The Kier molecular flexibility index (Phi) is 4.90. The third-order valence-corrected chi connectivity index (χ3v) is 3.38. The largest absolute Gasteiger partial charge is 0.386 e. The van der Waals surface area contributed by atoms with Gasteiger partial charge in [0.05, 0.1) is 5.56 Å². The number of carbonyl (C=O) groups is 1. The van der Waals surface area contributed by atoms with Gasteiger partial charge < -0.3 is 15.4 Å². The summed E-state index contributed by atoms with van der Waals surface area (Å²) in [7, 11) is 0. The van der Waals surface area contributed by atoms with Crippen molar-refractivity contribution < 1.29 is 18.7 Å². The maximum atomic E-state index is 13.6. The van der Waals surface area contributed by atoms with E-state index in [0.717, 1.165) is 12.1 Å². The number of hydrogen-bond acceptors (Lipinski definition) is 3. The van der Waals surface area contributed by atoms with Gasteiger partial charge in [0.2, 0.25) is 0 Å². The van der Waals surface area contributed by atoms with E-state index in [-0.39, 0.29) is 5.56 Å². The van der Waals surface area contributed by atoms with E-state index in [0.29, 0.717) is 11.3 Å². The SMILES string of the molecule is Cc1cc(C)c(C(=O)NCC(O)c2c(F)cccc2F)c(=O)[nH]1. The first-order valence-corrected chi connectivity index (χ1v) is 6.92. The van der Waals surface area contributed by atoms with Crippen molar-refractivity contribution in [2.45, 2.75) is 20.0 Å². The van der Waals surface area contributed by atoms with Crippen LogP contribution in [0.25, 0.3) is 0 Å². The van der Waals surface area contributed by atoms with Crippen LogP contribution in [0.1, 0.15) is 33.3 Å². The van der Waals surface area contributed by atoms with Crippen LogP contribution in [0.2, 0.25) is 0 Å². The van der Waals surface area contributed by atoms with Crippen molar-refractivity contribution in [1.29, 1.82) is 0 Å². The first kappa shape index (κ1) is 16.8. The average molecular weight is 322 g/mol. The number of carbonyl (C=O) groups excluding carboxylic acids is 1. The van der Waals surface area contributed by atoms with E-state index >= 15 is 0 Å². The molecule has 0 radical (unpaired) electrons. The number of aliphatic hydroxyl groups excluding tert-OH is 1. The number of H-pyrrole nitrogens is 1. The number of aliphatic hydroxyl groups is 1. The molecule has 0 spiro atoms. The van der Waals surface area contributed by atoms with Gasteiger partial charge in [-0.15, -0.1) is 0 Å². The summed E-state index contributed by atoms with van der Waals surface area (Å²) in [5.41, 5.74) is -0.112. The number of pyridine rings is 1. The Bertz CT molecular complexity index is 782. The van der Waals surface area contributed by atoms with Gasteiger partial charge in [-0.25, -0.2) is 8.78 Å². The molecule has 1 aromatic carbocycles. The quantitative estimate of drug-likeness (QED) is 0.802. The highest BCUT2D eigenvalue weighted by Gasteiger charge is 2.20. The predicted molar refractivity (Wildman–Crippen MR) is 80.2 cm³/mol. The van der Waals surface area contributed by atoms with Crippen LogP contribution in [0.3, 0.4) is 0 Å². The molecular formula is C16H16F2N2O3. The first-order chi connectivity index (χ1) is 10.8. The van der Waals surface area contributed by atoms with E-state index in [4.69, 9.17) is 0 Å². The zero-order valence-electron chi connectivity index (χ0n) is 12.6. The molecule has 2 aromatic rings. The van der Waals surface area contributed by atoms with Crippen molar-refractivity contribution in [2.24, 2.45) is 0 Å². The van der Waals surface area contributed by atoms with Crippen molar-refractivity contribution in [2.75, 3.05) is 6.54 Å². The number of aromatic amines is 1. The molecule has 122 valence electrons. The monoisotopic (exact) mass is 322 g/mol. The Balaban J connectivity index is 2.15. The molecule has 0 aliphatic carbocycles. The highest BCUT2D eigenvalue weighted by Crippen LogP contribution is 2.20. The Morgan fingerprint density at radius 2 is 1.91 bits per heavy atom. The van der Waals surface area contributed by atoms with Crippen molar-refractivity contribution in [3.63, 3.8) is 0 Å². The fourth-order valence-electron chi connectivity index (χ4n) is 2.34. The van der Waals surface area contributed by atoms with E-state index in [1.54, 1.807) is 19.9 Å². The van der Waals surface area contributed by atoms with Crippen LogP contribution < -0.4 is 10.9 Å². The molecule has 0 fully saturated rings. The molecule has 2 rings (SSSR count). The second-order valence-corrected chi connectivity index (χ2v) is 5.20. The molecule has 1 unspecified atom stereocenters. The van der Waals surface area contributed by atoms with Gasteiger partial charge in [-0.3, -0.25) is 9.59 Å². The molecule has 1 aromatic heterocycles. The molecule has 5 nitrogen and oxygen atoms in total. The van der Waals surface area contributed by atoms with Crippen LogP contribution >= 0.6 is 0 Å². The highest BCUT2D eigenvalue weighted by molar-refractivity contribution is 5.95. The average Bonchev–Trinajstić information content (AvgIpc) is 2.43. The fraction of sp³-hybridized carbons (Fsp3) is 0.250. The summed E-state index contributed by atoms with van der Waals surface area (Å²) in [6.07, 6.45) is -1.56. The molecule has 0 aliphatic rings. The van der Waals surface area contributed by atoms with Crippen LogP contribution in [-0.4, -0.2) is 22.5 Å². The normalized spacial score (nSPS) is 12.0. The molecule has 3 N–H and O–H groups in total. The van der Waals surface area contributed by atoms with Crippen LogP contribution in [-0.2, 0) is 0 Å². The van der Waals surface area contributed by atoms with Gasteiger partial charge in [0.15, 0.2) is 0 Å². The minimum Gasteiger partial charge on any atom is -0.386 e. The van der Waals surface area contributed by atoms with Crippen LogP contribution in [0.15, 0.2) is 29.1 Å². The first-order valence-electron chi connectivity index (χ1n) is 6.92. The maximum Gasteiger partial charge on any atom is 0.261 e. The Morgan fingerprint density at radius 3 is 2.48 bits per heavy atom. The summed E-state index contributed by atoms with van der Waals surface area (Å²) in [6, 6.07) is 4.83. The fourth-order valence-corrected chi connectivity index (χ4v) is 2.34. The summed E-state index contributed by atoms with van der Waals surface area (Å²) in [6.45, 7) is 2.86. The lowest BCUT2D eigenvalue weighted by Gasteiger charge is -2.14. The molecular weight excluding hydrogens is 306 g/mol. The molecule has 1 atom stereocenters. The van der Waals surface area contributed by atoms with Crippen molar-refractivity contribution >= 4 is 5.91 Å². The molecule has 0 saturated carbocycles. The second kappa shape index (κ2) is 6.70. The van der Waals surface area contributed by atoms with Gasteiger partial charge in [-0.05, 0) is 37.6 Å². The van der Waals surface area contributed by atoms with E-state index < -0.39 is 41.3 Å². The summed E-state index contributed by atoms with van der Waals surface area (Å²) in [5, 5.41) is 12.2. The lowest BCUT2D eigenvalue weighted by Crippen LogP contribution is -2.34. The third-order valence-electron chi connectivity index (χ3n) is 3.38. The second-order valence-electron chi connectivity index (χ2n) is 5.20. The number of hydrogen-bond donors (Lipinski definition) is 3. The van der Waals surface area contributed by atoms with E-state index in [1.165, 1.54) is 6.07 Å². The molecule has 7 heteroatoms. The number of nitrogens with one attached hydrogen (secondary N) is 2. The molecule has 1 amide bonds. The van der Waals surface area contributed by atoms with Gasteiger partial charge in [0.25, 0.3) is 11.5 Å². The zero-order chi connectivity index (χ0) is 17.1. The Hall–Kier alpha value is -2.54. The van der Waals surface area contributed by atoms with Gasteiger partial charge in [-0.1, -0.05) is 6.07 Å². The highest BCUT2D eigenvalue weighted by atomic mass is 19.1. The van der Waals surface area contributed by atoms with Crippen molar-refractivity contribution in [1.82, 2.24) is 10.3 Å². The van der Waals surface area contributed by atoms with Crippen molar-refractivity contribution in [3.8, 4) is 0 Å². The number of aromatic nitrogens is 1. The number of aryl methyl sites for hydroxylation is 2. The standard InChI is InChI=1S/C16H16F2N2O3/c1-8-6-9(2)20-16(23)13(8)15(22)19-7-12(21)14-10(17)4-3-5-11(14)18/h3-6,12,21H,7H2,1-2H3,(H,19,22)(H,20,23). The van der Waals surface area contributed by atoms with Gasteiger partial charge in [0, 0.05) is 12.2 Å². The molecule has 0 bridgehead atoms. The van der Waals surface area contributed by atoms with Gasteiger partial charge in [0.1, 0.15) is 23.3 Å². The van der Waals surface area contributed by atoms with E-state index in [1.807, 2.05) is 0 Å². The van der Waals surface area contributed by atoms with Gasteiger partial charge in [-0.2, -0.15) is 0 Å². The number of amides is 1. The van der Waals surface area contributed by atoms with Crippen LogP contribution in [0.4, 0.5) is 8.78 Å². The molecule has 0 saturated heterocycles. The number of halogens is 2. The minimum atomic E-state index is -1.56. The van der Waals surface area contributed by atoms with Crippen LogP contribution in [0.5, 0.6) is 0 Å². The summed E-state index contributed by atoms with van der Waals surface area (Å²) >= 11 is 0. The third kappa shape index (κ3) is 3.62. The lowest BCUT2D eigenvalue weighted by atomic mass is 10.1. The maximum absolute atomic E-state index is 13.6.